The Balaban J connectivity index is 0.943. The van der Waals surface area contributed by atoms with E-state index in [9.17, 15) is 0 Å². The zero-order valence-corrected chi connectivity index (χ0v) is 40.6. The van der Waals surface area contributed by atoms with Crippen LogP contribution in [0.5, 0.6) is 11.5 Å². The van der Waals surface area contributed by atoms with Crippen LogP contribution in [-0.4, -0.2) is 4.57 Å². The summed E-state index contributed by atoms with van der Waals surface area (Å²) in [4.78, 5) is 2.46. The van der Waals surface area contributed by atoms with Gasteiger partial charge in [-0.25, -0.2) is 0 Å². The van der Waals surface area contributed by atoms with Gasteiger partial charge < -0.3 is 14.2 Å². The maximum Gasteiger partial charge on any atom is 0.132 e. The number of rotatable bonds is 5. The van der Waals surface area contributed by atoms with E-state index in [-0.39, 0.29) is 5.41 Å². The van der Waals surface area contributed by atoms with E-state index in [1.54, 1.807) is 0 Å². The first-order valence-corrected chi connectivity index (χ1v) is 25.4. The molecule has 12 aromatic rings. The number of hydrogen-bond donors (Lipinski definition) is 0. The van der Waals surface area contributed by atoms with Crippen molar-refractivity contribution >= 4 is 38.9 Å². The topological polar surface area (TPSA) is 17.4 Å². The molecule has 3 nitrogen and oxygen atoms in total. The van der Waals surface area contributed by atoms with Gasteiger partial charge in [-0.1, -0.05) is 190 Å². The fourth-order valence-corrected chi connectivity index (χ4v) is 13.0. The minimum absolute atomic E-state index is 0.181. The highest BCUT2D eigenvalue weighted by Crippen LogP contribution is 2.62. The van der Waals surface area contributed by atoms with Crippen molar-refractivity contribution < 1.29 is 4.74 Å². The number of benzene rings is 11. The monoisotopic (exact) mass is 932 g/mol. The maximum atomic E-state index is 7.05. The van der Waals surface area contributed by atoms with Gasteiger partial charge in [0.1, 0.15) is 11.5 Å². The molecule has 1 spiro atoms. The van der Waals surface area contributed by atoms with E-state index in [0.29, 0.717) is 0 Å². The van der Waals surface area contributed by atoms with Gasteiger partial charge in [-0.2, -0.15) is 0 Å². The van der Waals surface area contributed by atoms with E-state index in [1.165, 1.54) is 83.0 Å². The molecule has 3 heteroatoms. The van der Waals surface area contributed by atoms with Crippen LogP contribution < -0.4 is 9.64 Å². The van der Waals surface area contributed by atoms with Crippen molar-refractivity contribution in [3.8, 4) is 61.7 Å². The largest absolute Gasteiger partial charge is 0.457 e. The zero-order valence-electron chi connectivity index (χ0n) is 40.6. The van der Waals surface area contributed by atoms with Crippen LogP contribution in [-0.2, 0) is 10.8 Å². The first kappa shape index (κ1) is 41.6. The number of hydrogen-bond acceptors (Lipinski definition) is 2. The summed E-state index contributed by atoms with van der Waals surface area (Å²) in [7, 11) is 0. The smallest absolute Gasteiger partial charge is 0.132 e. The Labute approximate surface area is 425 Å². The fourth-order valence-electron chi connectivity index (χ4n) is 13.0. The molecular weight excluding hydrogens is 885 g/mol. The summed E-state index contributed by atoms with van der Waals surface area (Å²) in [6.45, 7) is 4.73. The molecule has 0 saturated heterocycles. The van der Waals surface area contributed by atoms with E-state index in [2.05, 4.69) is 278 Å². The van der Waals surface area contributed by atoms with Crippen LogP contribution in [0, 0.1) is 0 Å². The number of aromatic nitrogens is 1. The van der Waals surface area contributed by atoms with Crippen LogP contribution >= 0.6 is 0 Å². The van der Waals surface area contributed by atoms with E-state index in [1.807, 2.05) is 0 Å². The van der Waals surface area contributed by atoms with Crippen LogP contribution in [0.4, 0.5) is 17.1 Å². The minimum Gasteiger partial charge on any atom is -0.457 e. The molecule has 15 rings (SSSR count). The highest BCUT2D eigenvalue weighted by Gasteiger charge is 2.49. The standard InChI is InChI=1S/C70H48N2O/c1-69(2)59-26-12-8-24-55(59)56-39-37-49(43-63(56)69)71(48-35-32-45(33-36-48)46-34-40-66-58(42-46)57-25-11-16-30-65(57)72(66)47-18-4-3-5-19-47)50-38-41-68-64(44-50)70(62-29-15-17-31-67(62)73-68)60-27-13-9-22-53(60)51-20-6-7-21-52(51)54-23-10-14-28-61(54)70/h3-44H,1-2H3. The first-order chi connectivity index (χ1) is 36.0. The Kier molecular flexibility index (Phi) is 8.92. The van der Waals surface area contributed by atoms with Crippen molar-refractivity contribution in [2.45, 2.75) is 24.7 Å². The molecule has 1 aromatic heterocycles. The third-order valence-electron chi connectivity index (χ3n) is 16.3. The Morgan fingerprint density at radius 3 is 1.53 bits per heavy atom. The number of para-hydroxylation sites is 3. The molecule has 0 amide bonds. The lowest BCUT2D eigenvalue weighted by Crippen LogP contribution is -2.35. The third-order valence-corrected chi connectivity index (χ3v) is 16.3. The number of fused-ring (bicyclic) bond motifs is 17. The lowest BCUT2D eigenvalue weighted by Gasteiger charge is -2.43. The van der Waals surface area contributed by atoms with Crippen molar-refractivity contribution in [3.63, 3.8) is 0 Å². The zero-order chi connectivity index (χ0) is 48.4. The highest BCUT2D eigenvalue weighted by molar-refractivity contribution is 6.10. The van der Waals surface area contributed by atoms with Gasteiger partial charge in [-0.3, -0.25) is 0 Å². The van der Waals surface area contributed by atoms with Crippen LogP contribution in [0.1, 0.15) is 47.2 Å². The number of anilines is 3. The van der Waals surface area contributed by atoms with Crippen molar-refractivity contribution in [1.29, 1.82) is 0 Å². The molecule has 0 atom stereocenters. The van der Waals surface area contributed by atoms with Gasteiger partial charge in [0.05, 0.1) is 16.4 Å². The molecule has 2 aliphatic carbocycles. The molecule has 73 heavy (non-hydrogen) atoms. The second-order valence-electron chi connectivity index (χ2n) is 20.4. The molecule has 0 radical (unpaired) electrons. The quantitative estimate of drug-likeness (QED) is 0.171. The fraction of sp³-hybridized carbons (Fsp3) is 0.0571. The van der Waals surface area contributed by atoms with E-state index < -0.39 is 5.41 Å². The van der Waals surface area contributed by atoms with Gasteiger partial charge in [-0.05, 0) is 146 Å². The van der Waals surface area contributed by atoms with Crippen LogP contribution in [0.25, 0.3) is 72.0 Å². The summed E-state index contributed by atoms with van der Waals surface area (Å²) in [6, 6.07) is 94.1. The number of nitrogens with zero attached hydrogens (tertiary/aromatic N) is 2. The molecule has 344 valence electrons. The van der Waals surface area contributed by atoms with Crippen molar-refractivity contribution in [2.75, 3.05) is 4.90 Å². The third kappa shape index (κ3) is 5.94. The highest BCUT2D eigenvalue weighted by atomic mass is 16.5. The molecule has 1 aliphatic heterocycles. The Bertz CT molecular complexity index is 4150. The van der Waals surface area contributed by atoms with Crippen molar-refractivity contribution in [1.82, 2.24) is 4.57 Å². The normalized spacial score (nSPS) is 13.9. The molecule has 3 aliphatic rings. The van der Waals surface area contributed by atoms with E-state index in [4.69, 9.17) is 4.74 Å². The molecule has 2 heterocycles. The Hall–Kier alpha value is -9.18. The van der Waals surface area contributed by atoms with E-state index >= 15 is 0 Å². The summed E-state index contributed by atoms with van der Waals surface area (Å²) in [5, 5.41) is 2.48. The summed E-state index contributed by atoms with van der Waals surface area (Å²) in [5.41, 5.74) is 23.1. The predicted octanol–water partition coefficient (Wildman–Crippen LogP) is 18.4. The van der Waals surface area contributed by atoms with Crippen LogP contribution in [0.2, 0.25) is 0 Å². The number of ether oxygens (including phenoxy) is 1. The van der Waals surface area contributed by atoms with Gasteiger partial charge in [0.2, 0.25) is 0 Å². The van der Waals surface area contributed by atoms with Gasteiger partial charge >= 0.3 is 0 Å². The second kappa shape index (κ2) is 15.7. The second-order valence-corrected chi connectivity index (χ2v) is 20.4. The first-order valence-electron chi connectivity index (χ1n) is 25.4. The predicted molar refractivity (Wildman–Crippen MR) is 301 cm³/mol. The molecule has 0 unspecified atom stereocenters. The lowest BCUT2D eigenvalue weighted by atomic mass is 9.62. The average Bonchev–Trinajstić information content (AvgIpc) is 3.86. The Morgan fingerprint density at radius 2 is 0.822 bits per heavy atom. The molecule has 0 bridgehead atoms. The van der Waals surface area contributed by atoms with Gasteiger partial charge in [0.25, 0.3) is 0 Å². The summed E-state index contributed by atoms with van der Waals surface area (Å²) >= 11 is 0. The average molecular weight is 933 g/mol. The molecule has 11 aromatic carbocycles. The van der Waals surface area contributed by atoms with Crippen molar-refractivity contribution in [2.24, 2.45) is 0 Å². The lowest BCUT2D eigenvalue weighted by molar-refractivity contribution is 0.435. The van der Waals surface area contributed by atoms with Gasteiger partial charge in [-0.15, -0.1) is 0 Å². The molecule has 0 fully saturated rings. The summed E-state index contributed by atoms with van der Waals surface area (Å²) in [5.74, 6) is 1.72. The maximum absolute atomic E-state index is 7.05. The van der Waals surface area contributed by atoms with Crippen LogP contribution in [0.15, 0.2) is 255 Å². The van der Waals surface area contributed by atoms with Gasteiger partial charge in [0, 0.05) is 50.1 Å². The molecule has 0 saturated carbocycles. The summed E-state index contributed by atoms with van der Waals surface area (Å²) < 4.78 is 9.43. The molecule has 0 N–H and O–H groups in total. The van der Waals surface area contributed by atoms with E-state index in [0.717, 1.165) is 50.9 Å². The van der Waals surface area contributed by atoms with Crippen molar-refractivity contribution in [3.05, 3.63) is 288 Å². The van der Waals surface area contributed by atoms with Crippen LogP contribution in [0.3, 0.4) is 0 Å². The van der Waals surface area contributed by atoms with Gasteiger partial charge in [0.15, 0.2) is 0 Å². The Morgan fingerprint density at radius 1 is 0.329 bits per heavy atom. The summed E-state index contributed by atoms with van der Waals surface area (Å²) in [6.07, 6.45) is 0. The SMILES string of the molecule is CC1(C)c2ccccc2-c2ccc(N(c3ccc(-c4ccc5c(c4)c4ccccc4n5-c4ccccc4)cc3)c3ccc4c(c3)C3(c5ccccc5O4)c4ccccc4-c4ccccc4-c4ccccc43)cc21. The minimum atomic E-state index is -0.730. The molecular formula is C70H48N2O.